The Balaban J connectivity index is 1.42. The fraction of sp³-hybridized carbons (Fsp3) is 0.261. The number of carbonyl (C=O) groups is 1. The highest BCUT2D eigenvalue weighted by atomic mass is 16.5. The van der Waals surface area contributed by atoms with E-state index >= 15 is 0 Å². The molecular formula is C23H25N5O2. The van der Waals surface area contributed by atoms with Crippen molar-refractivity contribution in [2.75, 3.05) is 43.5 Å². The molecule has 7 heteroatoms. The monoisotopic (exact) mass is 403 g/mol. The molecule has 1 saturated heterocycles. The highest BCUT2D eigenvalue weighted by molar-refractivity contribution is 5.95. The molecule has 0 radical (unpaired) electrons. The van der Waals surface area contributed by atoms with E-state index in [1.165, 1.54) is 0 Å². The fourth-order valence-electron chi connectivity index (χ4n) is 3.55. The summed E-state index contributed by atoms with van der Waals surface area (Å²) in [6.45, 7) is 4.63. The summed E-state index contributed by atoms with van der Waals surface area (Å²) >= 11 is 0. The average Bonchev–Trinajstić information content (AvgIpc) is 2.80. The highest BCUT2D eigenvalue weighted by Crippen LogP contribution is 2.26. The van der Waals surface area contributed by atoms with E-state index in [1.807, 2.05) is 66.4 Å². The number of aromatic nitrogens is 2. The quantitative estimate of drug-likeness (QED) is 0.703. The predicted octanol–water partition coefficient (Wildman–Crippen LogP) is 3.50. The molecule has 1 aromatic heterocycles. The molecule has 0 bridgehead atoms. The number of carbonyl (C=O) groups excluding carboxylic acids is 1. The van der Waals surface area contributed by atoms with E-state index in [0.717, 1.165) is 22.6 Å². The minimum Gasteiger partial charge on any atom is -0.495 e. The van der Waals surface area contributed by atoms with Gasteiger partial charge in [0.1, 0.15) is 11.6 Å². The smallest absolute Gasteiger partial charge is 0.254 e. The first-order valence-corrected chi connectivity index (χ1v) is 9.98. The van der Waals surface area contributed by atoms with Crippen molar-refractivity contribution in [2.45, 2.75) is 6.92 Å². The van der Waals surface area contributed by atoms with Gasteiger partial charge < -0.3 is 19.9 Å². The maximum absolute atomic E-state index is 12.8. The zero-order valence-electron chi connectivity index (χ0n) is 17.2. The second-order valence-corrected chi connectivity index (χ2v) is 7.16. The van der Waals surface area contributed by atoms with Gasteiger partial charge in [0.05, 0.1) is 12.8 Å². The van der Waals surface area contributed by atoms with Gasteiger partial charge in [0.2, 0.25) is 5.95 Å². The van der Waals surface area contributed by atoms with E-state index < -0.39 is 0 Å². The van der Waals surface area contributed by atoms with Crippen LogP contribution in [0.3, 0.4) is 0 Å². The molecule has 2 heterocycles. The summed E-state index contributed by atoms with van der Waals surface area (Å²) in [4.78, 5) is 25.9. The van der Waals surface area contributed by atoms with E-state index in [-0.39, 0.29) is 5.91 Å². The van der Waals surface area contributed by atoms with E-state index in [2.05, 4.69) is 20.2 Å². The molecule has 0 aliphatic carbocycles. The number of methoxy groups -OCH3 is 1. The number of nitrogens with zero attached hydrogens (tertiary/aromatic N) is 4. The molecule has 7 nitrogen and oxygen atoms in total. The lowest BCUT2D eigenvalue weighted by Gasteiger charge is -2.35. The average molecular weight is 403 g/mol. The molecule has 0 spiro atoms. The third-order valence-corrected chi connectivity index (χ3v) is 5.24. The molecular weight excluding hydrogens is 378 g/mol. The van der Waals surface area contributed by atoms with Crippen LogP contribution in [0.25, 0.3) is 0 Å². The van der Waals surface area contributed by atoms with Gasteiger partial charge in [-0.25, -0.2) is 4.98 Å². The third kappa shape index (κ3) is 4.20. The number of rotatable bonds is 5. The van der Waals surface area contributed by atoms with Gasteiger partial charge in [-0.1, -0.05) is 30.3 Å². The van der Waals surface area contributed by atoms with Crippen LogP contribution >= 0.6 is 0 Å². The molecule has 3 aromatic rings. The molecule has 30 heavy (non-hydrogen) atoms. The number of aryl methyl sites for hydroxylation is 1. The Bertz CT molecular complexity index is 1030. The van der Waals surface area contributed by atoms with Crippen molar-refractivity contribution in [1.29, 1.82) is 0 Å². The van der Waals surface area contributed by atoms with Crippen molar-refractivity contribution in [3.05, 3.63) is 71.9 Å². The molecule has 2 aromatic carbocycles. The van der Waals surface area contributed by atoms with Gasteiger partial charge in [0.25, 0.3) is 5.91 Å². The largest absolute Gasteiger partial charge is 0.495 e. The summed E-state index contributed by atoms with van der Waals surface area (Å²) in [7, 11) is 1.64. The molecule has 1 amide bonds. The minimum absolute atomic E-state index is 0.0836. The number of hydrogen-bond donors (Lipinski definition) is 1. The van der Waals surface area contributed by atoms with Crippen LogP contribution in [0, 0.1) is 6.92 Å². The minimum atomic E-state index is 0.0836. The number of hydrogen-bond acceptors (Lipinski definition) is 6. The number of benzene rings is 2. The third-order valence-electron chi connectivity index (χ3n) is 5.24. The summed E-state index contributed by atoms with van der Waals surface area (Å²) < 4.78 is 5.39. The number of amides is 1. The lowest BCUT2D eigenvalue weighted by molar-refractivity contribution is 0.0745. The lowest BCUT2D eigenvalue weighted by atomic mass is 10.1. The summed E-state index contributed by atoms with van der Waals surface area (Å²) in [6, 6.07) is 17.3. The summed E-state index contributed by atoms with van der Waals surface area (Å²) in [6.07, 6.45) is 1.74. The topological polar surface area (TPSA) is 70.6 Å². The van der Waals surface area contributed by atoms with Gasteiger partial charge in [-0.3, -0.25) is 4.79 Å². The Hall–Kier alpha value is -3.61. The zero-order valence-corrected chi connectivity index (χ0v) is 17.2. The van der Waals surface area contributed by atoms with E-state index in [9.17, 15) is 4.79 Å². The van der Waals surface area contributed by atoms with E-state index in [0.29, 0.717) is 37.9 Å². The molecule has 1 fully saturated rings. The molecule has 154 valence electrons. The Kier molecular flexibility index (Phi) is 5.79. The van der Waals surface area contributed by atoms with Crippen molar-refractivity contribution in [1.82, 2.24) is 14.9 Å². The standard InChI is InChI=1S/C23H25N5O2/c1-17-7-3-4-8-18(17)22(29)27-13-15-28(16-14-27)23-24-12-11-21(26-23)25-19-9-5-6-10-20(19)30-2/h3-12H,13-16H2,1-2H3,(H,24,25,26). The van der Waals surface area contributed by atoms with Gasteiger partial charge in [-0.05, 0) is 36.8 Å². The Morgan fingerprint density at radius 1 is 1.00 bits per heavy atom. The number of piperazine rings is 1. The molecule has 0 atom stereocenters. The number of nitrogens with one attached hydrogen (secondary N) is 1. The molecule has 4 rings (SSSR count). The van der Waals surface area contributed by atoms with E-state index in [4.69, 9.17) is 4.74 Å². The summed E-state index contributed by atoms with van der Waals surface area (Å²) in [5.74, 6) is 2.18. The normalized spacial score (nSPS) is 13.8. The van der Waals surface area contributed by atoms with E-state index in [1.54, 1.807) is 13.3 Å². The zero-order chi connectivity index (χ0) is 20.9. The highest BCUT2D eigenvalue weighted by Gasteiger charge is 2.24. The molecule has 0 saturated carbocycles. The van der Waals surface area contributed by atoms with Crippen LogP contribution in [0.15, 0.2) is 60.8 Å². The first kappa shape index (κ1) is 19.7. The summed E-state index contributed by atoms with van der Waals surface area (Å²) in [5.41, 5.74) is 2.62. The fourth-order valence-corrected chi connectivity index (χ4v) is 3.55. The van der Waals surface area contributed by atoms with Crippen molar-refractivity contribution < 1.29 is 9.53 Å². The van der Waals surface area contributed by atoms with Crippen LogP contribution in [-0.2, 0) is 0 Å². The number of anilines is 3. The Labute approximate surface area is 176 Å². The maximum Gasteiger partial charge on any atom is 0.254 e. The maximum atomic E-state index is 12.8. The second-order valence-electron chi connectivity index (χ2n) is 7.16. The van der Waals surface area contributed by atoms with Crippen molar-refractivity contribution in [3.8, 4) is 5.75 Å². The molecule has 1 N–H and O–H groups in total. The van der Waals surface area contributed by atoms with Gasteiger partial charge in [0, 0.05) is 37.9 Å². The number of para-hydroxylation sites is 2. The van der Waals surface area contributed by atoms with Crippen molar-refractivity contribution >= 4 is 23.4 Å². The van der Waals surface area contributed by atoms with Gasteiger partial charge in [-0.2, -0.15) is 4.98 Å². The SMILES string of the molecule is COc1ccccc1Nc1ccnc(N2CCN(C(=O)c3ccccc3C)CC2)n1. The molecule has 1 aliphatic rings. The lowest BCUT2D eigenvalue weighted by Crippen LogP contribution is -2.49. The Morgan fingerprint density at radius 3 is 2.50 bits per heavy atom. The van der Waals surface area contributed by atoms with Crippen LogP contribution in [-0.4, -0.2) is 54.1 Å². The summed E-state index contributed by atoms with van der Waals surface area (Å²) in [5, 5.41) is 3.29. The van der Waals surface area contributed by atoms with Crippen molar-refractivity contribution in [2.24, 2.45) is 0 Å². The van der Waals surface area contributed by atoms with Gasteiger partial charge in [0.15, 0.2) is 0 Å². The van der Waals surface area contributed by atoms with Crippen LogP contribution in [0.1, 0.15) is 15.9 Å². The Morgan fingerprint density at radius 2 is 1.73 bits per heavy atom. The van der Waals surface area contributed by atoms with Gasteiger partial charge >= 0.3 is 0 Å². The molecule has 0 unspecified atom stereocenters. The van der Waals surface area contributed by atoms with Gasteiger partial charge in [-0.15, -0.1) is 0 Å². The van der Waals surface area contributed by atoms with Crippen LogP contribution in [0.5, 0.6) is 5.75 Å². The van der Waals surface area contributed by atoms with Crippen LogP contribution < -0.4 is 15.0 Å². The number of ether oxygens (including phenoxy) is 1. The van der Waals surface area contributed by atoms with Crippen LogP contribution in [0.4, 0.5) is 17.5 Å². The predicted molar refractivity (Wildman–Crippen MR) is 118 cm³/mol. The molecule has 1 aliphatic heterocycles. The van der Waals surface area contributed by atoms with Crippen LogP contribution in [0.2, 0.25) is 0 Å². The van der Waals surface area contributed by atoms with Crippen molar-refractivity contribution in [3.63, 3.8) is 0 Å². The first-order chi connectivity index (χ1) is 14.7. The second kappa shape index (κ2) is 8.82. The first-order valence-electron chi connectivity index (χ1n) is 9.98.